The van der Waals surface area contributed by atoms with Crippen LogP contribution in [0.25, 0.3) is 0 Å². The molecule has 0 saturated carbocycles. The van der Waals surface area contributed by atoms with Crippen molar-refractivity contribution >= 4 is 40.8 Å². The molecule has 2 aromatic rings. The molecular weight excluding hydrogens is 397 g/mol. The average Bonchev–Trinajstić information content (AvgIpc) is 3.15. The van der Waals surface area contributed by atoms with E-state index in [4.69, 9.17) is 23.2 Å². The molecule has 1 fully saturated rings. The van der Waals surface area contributed by atoms with Crippen molar-refractivity contribution in [3.8, 4) is 0 Å². The van der Waals surface area contributed by atoms with E-state index in [1.54, 1.807) is 41.1 Å². The van der Waals surface area contributed by atoms with E-state index in [9.17, 15) is 9.59 Å². The molecule has 3 amide bonds. The smallest absolute Gasteiger partial charge is 0.322 e. The maximum absolute atomic E-state index is 13.0. The molecule has 1 aliphatic heterocycles. The van der Waals surface area contributed by atoms with E-state index < -0.39 is 6.04 Å². The van der Waals surface area contributed by atoms with Gasteiger partial charge in [0.25, 0.3) is 0 Å². The molecule has 28 heavy (non-hydrogen) atoms. The van der Waals surface area contributed by atoms with Crippen LogP contribution in [0.5, 0.6) is 0 Å². The Morgan fingerprint density at radius 3 is 2.50 bits per heavy atom. The van der Waals surface area contributed by atoms with Gasteiger partial charge in [-0.3, -0.25) is 4.79 Å². The van der Waals surface area contributed by atoms with Crippen molar-refractivity contribution in [3.05, 3.63) is 63.6 Å². The van der Waals surface area contributed by atoms with Gasteiger partial charge in [0.2, 0.25) is 5.91 Å². The van der Waals surface area contributed by atoms with E-state index in [1.807, 2.05) is 25.1 Å². The Hall–Kier alpha value is -2.24. The second-order valence-electron chi connectivity index (χ2n) is 7.05. The second-order valence-corrected chi connectivity index (χ2v) is 7.93. The van der Waals surface area contributed by atoms with Gasteiger partial charge in [-0.1, -0.05) is 29.3 Å². The number of aryl methyl sites for hydroxylation is 1. The maximum atomic E-state index is 13.0. The summed E-state index contributed by atoms with van der Waals surface area (Å²) in [5.74, 6) is -0.0573. The van der Waals surface area contributed by atoms with Gasteiger partial charge in [-0.05, 0) is 67.3 Å². The van der Waals surface area contributed by atoms with Crippen LogP contribution >= 0.6 is 23.2 Å². The highest BCUT2D eigenvalue weighted by Crippen LogP contribution is 2.23. The minimum Gasteiger partial charge on any atom is -0.340 e. The number of amides is 3. The van der Waals surface area contributed by atoms with Crippen LogP contribution in [0.2, 0.25) is 10.0 Å². The van der Waals surface area contributed by atoms with E-state index in [-0.39, 0.29) is 11.9 Å². The lowest BCUT2D eigenvalue weighted by Gasteiger charge is -2.28. The molecule has 0 aromatic heterocycles. The SMILES string of the molecule is Cc1cc(Cl)ccc1CN(C)C(=O)[C@H]1CCCN1C(=O)Nc1ccc(Cl)cc1. The monoisotopic (exact) mass is 419 g/mol. The van der Waals surface area contributed by atoms with Crippen molar-refractivity contribution < 1.29 is 9.59 Å². The number of urea groups is 1. The van der Waals surface area contributed by atoms with Gasteiger partial charge in [-0.25, -0.2) is 4.79 Å². The zero-order valence-electron chi connectivity index (χ0n) is 15.9. The van der Waals surface area contributed by atoms with Crippen molar-refractivity contribution in [2.24, 2.45) is 0 Å². The summed E-state index contributed by atoms with van der Waals surface area (Å²) in [5.41, 5.74) is 2.73. The fourth-order valence-electron chi connectivity index (χ4n) is 3.42. The normalized spacial score (nSPS) is 16.1. The minimum absolute atomic E-state index is 0.0573. The van der Waals surface area contributed by atoms with Crippen molar-refractivity contribution in [3.63, 3.8) is 0 Å². The fourth-order valence-corrected chi connectivity index (χ4v) is 3.77. The van der Waals surface area contributed by atoms with Gasteiger partial charge in [0.1, 0.15) is 6.04 Å². The van der Waals surface area contributed by atoms with Gasteiger partial charge in [-0.15, -0.1) is 0 Å². The molecule has 0 aliphatic carbocycles. The van der Waals surface area contributed by atoms with E-state index in [0.29, 0.717) is 35.2 Å². The third kappa shape index (κ3) is 4.78. The number of likely N-dealkylation sites (tertiary alicyclic amines) is 1. The number of benzene rings is 2. The van der Waals surface area contributed by atoms with Gasteiger partial charge >= 0.3 is 6.03 Å². The number of carbonyl (C=O) groups excluding carboxylic acids is 2. The zero-order chi connectivity index (χ0) is 20.3. The fraction of sp³-hybridized carbons (Fsp3) is 0.333. The molecular formula is C21H23Cl2N3O2. The van der Waals surface area contributed by atoms with Crippen LogP contribution in [0, 0.1) is 6.92 Å². The largest absolute Gasteiger partial charge is 0.340 e. The van der Waals surface area contributed by atoms with Gasteiger partial charge in [0.05, 0.1) is 0 Å². The van der Waals surface area contributed by atoms with E-state index in [0.717, 1.165) is 17.5 Å². The lowest BCUT2D eigenvalue weighted by atomic mass is 10.1. The van der Waals surface area contributed by atoms with Crippen LogP contribution in [-0.4, -0.2) is 41.4 Å². The number of hydrogen-bond acceptors (Lipinski definition) is 2. The summed E-state index contributed by atoms with van der Waals surface area (Å²) < 4.78 is 0. The Kier molecular flexibility index (Phi) is 6.47. The highest BCUT2D eigenvalue weighted by atomic mass is 35.5. The molecule has 148 valence electrons. The average molecular weight is 420 g/mol. The zero-order valence-corrected chi connectivity index (χ0v) is 17.4. The second kappa shape index (κ2) is 8.84. The van der Waals surface area contributed by atoms with E-state index in [1.165, 1.54) is 0 Å². The number of likely N-dealkylation sites (N-methyl/N-ethyl adjacent to an activating group) is 1. The lowest BCUT2D eigenvalue weighted by molar-refractivity contribution is -0.134. The van der Waals surface area contributed by atoms with Gasteiger partial charge in [0.15, 0.2) is 0 Å². The highest BCUT2D eigenvalue weighted by Gasteiger charge is 2.35. The quantitative estimate of drug-likeness (QED) is 0.761. The number of anilines is 1. The van der Waals surface area contributed by atoms with Gasteiger partial charge in [0, 0.05) is 35.9 Å². The highest BCUT2D eigenvalue weighted by molar-refractivity contribution is 6.30. The third-order valence-electron chi connectivity index (χ3n) is 4.98. The van der Waals surface area contributed by atoms with Crippen LogP contribution < -0.4 is 5.32 Å². The molecule has 0 spiro atoms. The number of rotatable bonds is 4. The topological polar surface area (TPSA) is 52.7 Å². The Bertz CT molecular complexity index is 870. The molecule has 5 nitrogen and oxygen atoms in total. The first-order chi connectivity index (χ1) is 13.3. The Morgan fingerprint density at radius 2 is 1.82 bits per heavy atom. The predicted molar refractivity (Wildman–Crippen MR) is 113 cm³/mol. The van der Waals surface area contributed by atoms with Crippen molar-refractivity contribution in [2.75, 3.05) is 18.9 Å². The molecule has 2 aromatic carbocycles. The molecule has 1 atom stereocenters. The summed E-state index contributed by atoms with van der Waals surface area (Å²) in [5, 5.41) is 4.12. The summed E-state index contributed by atoms with van der Waals surface area (Å²) in [6, 6.07) is 11.8. The Labute approximate surface area is 175 Å². The van der Waals surface area contributed by atoms with Gasteiger partial charge < -0.3 is 15.1 Å². The first-order valence-corrected chi connectivity index (χ1v) is 9.94. The van der Waals surface area contributed by atoms with Crippen LogP contribution in [0.4, 0.5) is 10.5 Å². The molecule has 1 heterocycles. The first-order valence-electron chi connectivity index (χ1n) is 9.18. The molecule has 1 aliphatic rings. The first kappa shape index (κ1) is 20.5. The van der Waals surface area contributed by atoms with Crippen molar-refractivity contribution in [2.45, 2.75) is 32.4 Å². The van der Waals surface area contributed by atoms with Crippen LogP contribution in [0.1, 0.15) is 24.0 Å². The number of hydrogen-bond donors (Lipinski definition) is 1. The van der Waals surface area contributed by atoms with Crippen LogP contribution in [0.15, 0.2) is 42.5 Å². The molecule has 0 radical (unpaired) electrons. The summed E-state index contributed by atoms with van der Waals surface area (Å²) in [7, 11) is 1.77. The van der Waals surface area contributed by atoms with Gasteiger partial charge in [-0.2, -0.15) is 0 Å². The standard InChI is InChI=1S/C21H23Cl2N3O2/c1-14-12-17(23)6-5-15(14)13-25(2)20(27)19-4-3-11-26(19)21(28)24-18-9-7-16(22)8-10-18/h5-10,12,19H,3-4,11,13H2,1-2H3,(H,24,28)/t19-/m1/s1. The van der Waals surface area contributed by atoms with Crippen LogP contribution in [-0.2, 0) is 11.3 Å². The Balaban J connectivity index is 1.66. The number of halogens is 2. The molecule has 0 unspecified atom stereocenters. The number of nitrogens with one attached hydrogen (secondary N) is 1. The number of nitrogens with zero attached hydrogens (tertiary/aromatic N) is 2. The van der Waals surface area contributed by atoms with E-state index >= 15 is 0 Å². The summed E-state index contributed by atoms with van der Waals surface area (Å²) >= 11 is 11.9. The van der Waals surface area contributed by atoms with Crippen LogP contribution in [0.3, 0.4) is 0 Å². The third-order valence-corrected chi connectivity index (χ3v) is 5.47. The summed E-state index contributed by atoms with van der Waals surface area (Å²) in [4.78, 5) is 29.0. The summed E-state index contributed by atoms with van der Waals surface area (Å²) in [6.45, 7) is 3.01. The predicted octanol–water partition coefficient (Wildman–Crippen LogP) is 4.96. The minimum atomic E-state index is -0.454. The molecule has 7 heteroatoms. The summed E-state index contributed by atoms with van der Waals surface area (Å²) in [6.07, 6.45) is 1.47. The maximum Gasteiger partial charge on any atom is 0.322 e. The molecule has 1 saturated heterocycles. The molecule has 0 bridgehead atoms. The lowest BCUT2D eigenvalue weighted by Crippen LogP contribution is -2.47. The Morgan fingerprint density at radius 1 is 1.14 bits per heavy atom. The molecule has 1 N–H and O–H groups in total. The number of carbonyl (C=O) groups is 2. The van der Waals surface area contributed by atoms with Crippen molar-refractivity contribution in [1.29, 1.82) is 0 Å². The van der Waals surface area contributed by atoms with Crippen molar-refractivity contribution in [1.82, 2.24) is 9.80 Å². The molecule has 3 rings (SSSR count). The van der Waals surface area contributed by atoms with E-state index in [2.05, 4.69) is 5.32 Å².